The molecule has 0 amide bonds. The van der Waals surface area contributed by atoms with Crippen LogP contribution in [0.4, 0.5) is 0 Å². The third kappa shape index (κ3) is 15.7. The Morgan fingerprint density at radius 3 is 1.80 bits per heavy atom. The van der Waals surface area contributed by atoms with Crippen molar-refractivity contribution in [1.82, 2.24) is 0 Å². The monoisotopic (exact) mass is 178 g/mol. The molecule has 0 aliphatic heterocycles. The molecule has 58 valence electrons. The number of allylic oxidation sites excluding steroid dienone is 1. The summed E-state index contributed by atoms with van der Waals surface area (Å²) in [5, 5.41) is 0. The molecule has 1 aromatic rings. The van der Waals surface area contributed by atoms with Crippen molar-refractivity contribution in [2.75, 3.05) is 0 Å². The molecule has 10 heavy (non-hydrogen) atoms. The Morgan fingerprint density at radius 2 is 1.70 bits per heavy atom. The fourth-order valence-corrected chi connectivity index (χ4v) is 0.321. The van der Waals surface area contributed by atoms with Gasteiger partial charge in [-0.3, -0.25) is 0 Å². The maximum Gasteiger partial charge on any atom is 2.00 e. The van der Waals surface area contributed by atoms with Crippen molar-refractivity contribution in [2.24, 2.45) is 0 Å². The van der Waals surface area contributed by atoms with Crippen molar-refractivity contribution in [3.63, 3.8) is 0 Å². The second-order valence-electron chi connectivity index (χ2n) is 1.92. The van der Waals surface area contributed by atoms with Crippen molar-refractivity contribution in [3.05, 3.63) is 49.4 Å². The fourth-order valence-electron chi connectivity index (χ4n) is 0.321. The zero-order valence-corrected chi connectivity index (χ0v) is 7.10. The van der Waals surface area contributed by atoms with E-state index in [4.69, 9.17) is 0 Å². The van der Waals surface area contributed by atoms with Gasteiger partial charge in [0.25, 0.3) is 0 Å². The van der Waals surface area contributed by atoms with Gasteiger partial charge in [0.15, 0.2) is 0 Å². The van der Waals surface area contributed by atoms with Crippen LogP contribution < -0.4 is 0 Å². The van der Waals surface area contributed by atoms with E-state index in [1.807, 2.05) is 37.3 Å². The average Bonchev–Trinajstić information content (AvgIpc) is 2.11. The molecule has 1 rings (SSSR count). The summed E-state index contributed by atoms with van der Waals surface area (Å²) in [5.74, 6) is 0. The Labute approximate surface area is 73.2 Å². The van der Waals surface area contributed by atoms with Crippen molar-refractivity contribution >= 4 is 0 Å². The molecule has 0 saturated carbocycles. The van der Waals surface area contributed by atoms with Gasteiger partial charge in [-0.1, -0.05) is 6.92 Å². The maximum atomic E-state index is 3.44. The summed E-state index contributed by atoms with van der Waals surface area (Å²) in [4.78, 5) is 0. The van der Waals surface area contributed by atoms with Gasteiger partial charge >= 0.3 is 16.5 Å². The second kappa shape index (κ2) is 8.45. The minimum atomic E-state index is 0. The minimum Gasteiger partial charge on any atom is -0.242 e. The standard InChI is InChI=1S/C5H5.C4H7.Ni/c1-2-4-5-3-1;1-4(2)3;/h1-5H;1-2H2,3H3;/q2*-1;+2. The van der Waals surface area contributed by atoms with Crippen molar-refractivity contribution in [1.29, 1.82) is 0 Å². The predicted octanol–water partition coefficient (Wildman–Crippen LogP) is 2.80. The van der Waals surface area contributed by atoms with E-state index >= 15 is 0 Å². The van der Waals surface area contributed by atoms with Crippen LogP contribution in [0.1, 0.15) is 6.92 Å². The molecule has 1 aromatic carbocycles. The van der Waals surface area contributed by atoms with Crippen LogP contribution in [-0.2, 0) is 16.5 Å². The summed E-state index contributed by atoms with van der Waals surface area (Å²) < 4.78 is 0. The zero-order valence-electron chi connectivity index (χ0n) is 6.12. The number of hydrogen-bond donors (Lipinski definition) is 0. The fraction of sp³-hybridized carbons (Fsp3) is 0.111. The molecule has 0 aliphatic rings. The van der Waals surface area contributed by atoms with Crippen molar-refractivity contribution < 1.29 is 16.5 Å². The van der Waals surface area contributed by atoms with E-state index in [1.165, 1.54) is 0 Å². The first-order valence-corrected chi connectivity index (χ1v) is 2.87. The molecule has 0 spiro atoms. The first-order valence-electron chi connectivity index (χ1n) is 2.87. The van der Waals surface area contributed by atoms with Gasteiger partial charge in [0.05, 0.1) is 0 Å². The maximum absolute atomic E-state index is 3.44. The van der Waals surface area contributed by atoms with Gasteiger partial charge in [0.1, 0.15) is 0 Å². The van der Waals surface area contributed by atoms with Crippen LogP contribution in [0, 0.1) is 6.92 Å². The molecule has 1 heteroatoms. The first kappa shape index (κ1) is 12.2. The summed E-state index contributed by atoms with van der Waals surface area (Å²) >= 11 is 0. The van der Waals surface area contributed by atoms with Crippen LogP contribution in [0.5, 0.6) is 0 Å². The summed E-state index contributed by atoms with van der Waals surface area (Å²) in [6, 6.07) is 10.0. The molecule has 0 aliphatic carbocycles. The van der Waals surface area contributed by atoms with Gasteiger partial charge in [-0.25, -0.2) is 31.2 Å². The van der Waals surface area contributed by atoms with Crippen LogP contribution in [0.2, 0.25) is 0 Å². The SMILES string of the molecule is C=C([CH2-])C.[Ni+2].c1cc[cH-]c1. The first-order chi connectivity index (χ1) is 4.23. The summed E-state index contributed by atoms with van der Waals surface area (Å²) in [7, 11) is 0. The van der Waals surface area contributed by atoms with E-state index < -0.39 is 0 Å². The topological polar surface area (TPSA) is 0 Å². The van der Waals surface area contributed by atoms with Crippen LogP contribution >= 0.6 is 0 Å². The Morgan fingerprint density at radius 1 is 1.40 bits per heavy atom. The molecule has 0 saturated heterocycles. The average molecular weight is 179 g/mol. The van der Waals surface area contributed by atoms with Gasteiger partial charge in [0.2, 0.25) is 0 Å². The van der Waals surface area contributed by atoms with Gasteiger partial charge in [-0.2, -0.15) is 18.2 Å². The molecule has 0 nitrogen and oxygen atoms in total. The Bertz CT molecular complexity index is 119. The van der Waals surface area contributed by atoms with E-state index in [-0.39, 0.29) is 16.5 Å². The normalized spacial score (nSPS) is 6.50. The van der Waals surface area contributed by atoms with E-state index in [0.29, 0.717) is 0 Å². The minimum absolute atomic E-state index is 0. The van der Waals surface area contributed by atoms with E-state index in [9.17, 15) is 0 Å². The van der Waals surface area contributed by atoms with Gasteiger partial charge in [-0.15, -0.1) is 0 Å². The van der Waals surface area contributed by atoms with E-state index in [0.717, 1.165) is 5.57 Å². The molecule has 0 bridgehead atoms. The zero-order chi connectivity index (χ0) is 7.11. The second-order valence-corrected chi connectivity index (χ2v) is 1.92. The van der Waals surface area contributed by atoms with Crippen LogP contribution in [0.3, 0.4) is 0 Å². The third-order valence-electron chi connectivity index (χ3n) is 0.556. The molecule has 0 heterocycles. The molecule has 0 fully saturated rings. The molecule has 0 radical (unpaired) electrons. The number of hydrogen-bond acceptors (Lipinski definition) is 0. The third-order valence-corrected chi connectivity index (χ3v) is 0.556. The quantitative estimate of drug-likeness (QED) is 0.424. The van der Waals surface area contributed by atoms with E-state index in [2.05, 4.69) is 13.5 Å². The van der Waals surface area contributed by atoms with Crippen LogP contribution in [-0.4, -0.2) is 0 Å². The predicted molar refractivity (Wildman–Crippen MR) is 42.2 cm³/mol. The summed E-state index contributed by atoms with van der Waals surface area (Å²) in [6.45, 7) is 8.75. The largest absolute Gasteiger partial charge is 2.00 e. The van der Waals surface area contributed by atoms with E-state index in [1.54, 1.807) is 0 Å². The summed E-state index contributed by atoms with van der Waals surface area (Å²) in [5.41, 5.74) is 0.917. The molecule has 0 aromatic heterocycles. The van der Waals surface area contributed by atoms with Gasteiger partial charge in [0, 0.05) is 0 Å². The summed E-state index contributed by atoms with van der Waals surface area (Å²) in [6.07, 6.45) is 0. The molecular weight excluding hydrogens is 167 g/mol. The van der Waals surface area contributed by atoms with Gasteiger partial charge in [-0.05, 0) is 0 Å². The Hall–Kier alpha value is -0.546. The molecule has 0 unspecified atom stereocenters. The molecule has 0 N–H and O–H groups in total. The Kier molecular flexibility index (Phi) is 10.3. The number of rotatable bonds is 0. The van der Waals surface area contributed by atoms with Crippen molar-refractivity contribution in [2.45, 2.75) is 6.92 Å². The van der Waals surface area contributed by atoms with Crippen molar-refractivity contribution in [3.8, 4) is 0 Å². The van der Waals surface area contributed by atoms with Gasteiger partial charge < -0.3 is 0 Å². The molecule has 0 atom stereocenters. The smallest absolute Gasteiger partial charge is 0.242 e. The Balaban J connectivity index is 0. The van der Waals surface area contributed by atoms with Crippen LogP contribution in [0.25, 0.3) is 0 Å². The molecular formula is C9H12Ni. The van der Waals surface area contributed by atoms with Crippen LogP contribution in [0.15, 0.2) is 42.5 Å².